The van der Waals surface area contributed by atoms with E-state index in [-0.39, 0.29) is 19.6 Å². The molecule has 0 fully saturated rings. The van der Waals surface area contributed by atoms with E-state index in [0.717, 1.165) is 5.56 Å². The lowest BCUT2D eigenvalue weighted by Gasteiger charge is -2.09. The Hall–Kier alpha value is -1.99. The normalized spacial score (nSPS) is 11.3. The van der Waals surface area contributed by atoms with Crippen LogP contribution < -0.4 is 5.32 Å². The second kappa shape index (κ2) is 7.31. The van der Waals surface area contributed by atoms with Crippen molar-refractivity contribution in [2.75, 3.05) is 6.54 Å². The highest BCUT2D eigenvalue weighted by Gasteiger charge is 2.06. The molecule has 0 heterocycles. The molecule has 4 heteroatoms. The predicted molar refractivity (Wildman–Crippen MR) is 64.1 cm³/mol. The Morgan fingerprint density at radius 3 is 2.82 bits per heavy atom. The topological polar surface area (TPSA) is 58.6 Å². The number of carbonyl (C=O) groups excluding carboxylic acids is 1. The van der Waals surface area contributed by atoms with E-state index in [9.17, 15) is 9.90 Å². The fraction of sp³-hybridized carbons (Fsp3) is 0.308. The number of ether oxygens (including phenoxy) is 1. The van der Waals surface area contributed by atoms with Gasteiger partial charge in [-0.25, -0.2) is 4.79 Å². The van der Waals surface area contributed by atoms with Gasteiger partial charge in [0.05, 0.1) is 6.10 Å². The molecular weight excluding hydrogens is 218 g/mol. The first-order valence-corrected chi connectivity index (χ1v) is 5.28. The standard InChI is InChI=1S/C13H15NO3/c1-2-6-12(15)9-14-13(16)17-10-11-7-4-3-5-8-11/h1,3-5,7-8,12,15H,6,9-10H2,(H,14,16). The van der Waals surface area contributed by atoms with E-state index in [2.05, 4.69) is 11.2 Å². The van der Waals surface area contributed by atoms with Gasteiger partial charge in [0, 0.05) is 13.0 Å². The summed E-state index contributed by atoms with van der Waals surface area (Å²) in [5.74, 6) is 2.31. The Morgan fingerprint density at radius 1 is 1.47 bits per heavy atom. The van der Waals surface area contributed by atoms with Gasteiger partial charge in [0.25, 0.3) is 0 Å². The van der Waals surface area contributed by atoms with Crippen molar-refractivity contribution in [3.05, 3.63) is 35.9 Å². The molecule has 0 bridgehead atoms. The first-order valence-electron chi connectivity index (χ1n) is 5.28. The Balaban J connectivity index is 2.20. The lowest BCUT2D eigenvalue weighted by molar-refractivity contribution is 0.126. The minimum Gasteiger partial charge on any atom is -0.445 e. The lowest BCUT2D eigenvalue weighted by atomic mass is 10.2. The molecule has 0 saturated heterocycles. The summed E-state index contributed by atoms with van der Waals surface area (Å²) in [7, 11) is 0. The molecule has 0 aromatic heterocycles. The molecule has 0 radical (unpaired) electrons. The van der Waals surface area contributed by atoms with E-state index in [4.69, 9.17) is 11.2 Å². The molecule has 1 aromatic rings. The number of carbonyl (C=O) groups is 1. The van der Waals surface area contributed by atoms with Crippen LogP contribution in [0.25, 0.3) is 0 Å². The largest absolute Gasteiger partial charge is 0.445 e. The van der Waals surface area contributed by atoms with E-state index in [1.807, 2.05) is 30.3 Å². The van der Waals surface area contributed by atoms with E-state index in [1.54, 1.807) is 0 Å². The molecule has 1 unspecified atom stereocenters. The second-order valence-electron chi connectivity index (χ2n) is 3.50. The monoisotopic (exact) mass is 233 g/mol. The van der Waals surface area contributed by atoms with Crippen LogP contribution in [0.3, 0.4) is 0 Å². The van der Waals surface area contributed by atoms with Gasteiger partial charge in [-0.15, -0.1) is 12.3 Å². The highest BCUT2D eigenvalue weighted by Crippen LogP contribution is 2.00. The summed E-state index contributed by atoms with van der Waals surface area (Å²) >= 11 is 0. The number of rotatable bonds is 5. The maximum atomic E-state index is 11.2. The third-order valence-electron chi connectivity index (χ3n) is 2.05. The van der Waals surface area contributed by atoms with Crippen molar-refractivity contribution in [1.29, 1.82) is 0 Å². The highest BCUT2D eigenvalue weighted by molar-refractivity contribution is 5.67. The quantitative estimate of drug-likeness (QED) is 0.753. The summed E-state index contributed by atoms with van der Waals surface area (Å²) in [6.45, 7) is 0.301. The van der Waals surface area contributed by atoms with E-state index < -0.39 is 12.2 Å². The number of hydrogen-bond donors (Lipinski definition) is 2. The van der Waals surface area contributed by atoms with Gasteiger partial charge in [0.2, 0.25) is 0 Å². The summed E-state index contributed by atoms with van der Waals surface area (Å²) in [5, 5.41) is 11.7. The average Bonchev–Trinajstić information content (AvgIpc) is 2.35. The van der Waals surface area contributed by atoms with Gasteiger partial charge in [-0.1, -0.05) is 30.3 Å². The second-order valence-corrected chi connectivity index (χ2v) is 3.50. The smallest absolute Gasteiger partial charge is 0.407 e. The molecule has 2 N–H and O–H groups in total. The maximum absolute atomic E-state index is 11.2. The molecular formula is C13H15NO3. The first-order chi connectivity index (χ1) is 8.22. The van der Waals surface area contributed by atoms with Crippen molar-refractivity contribution >= 4 is 6.09 Å². The Morgan fingerprint density at radius 2 is 2.18 bits per heavy atom. The number of aliphatic hydroxyl groups excluding tert-OH is 1. The molecule has 0 aliphatic heterocycles. The van der Waals surface area contributed by atoms with Crippen LogP contribution in [0.5, 0.6) is 0 Å². The van der Waals surface area contributed by atoms with E-state index in [0.29, 0.717) is 0 Å². The fourth-order valence-electron chi connectivity index (χ4n) is 1.18. The molecule has 1 rings (SSSR count). The molecule has 0 aliphatic carbocycles. The van der Waals surface area contributed by atoms with E-state index >= 15 is 0 Å². The third kappa shape index (κ3) is 5.59. The Kier molecular flexibility index (Phi) is 5.62. The minimum absolute atomic E-state index is 0.0951. The van der Waals surface area contributed by atoms with Gasteiger partial charge in [-0.2, -0.15) is 0 Å². The number of alkyl carbamates (subject to hydrolysis) is 1. The first kappa shape index (κ1) is 13.1. The molecule has 1 atom stereocenters. The van der Waals surface area contributed by atoms with Crippen molar-refractivity contribution < 1.29 is 14.6 Å². The molecule has 1 amide bonds. The van der Waals surface area contributed by atoms with Gasteiger partial charge in [0.1, 0.15) is 6.61 Å². The van der Waals surface area contributed by atoms with Gasteiger partial charge in [0.15, 0.2) is 0 Å². The summed E-state index contributed by atoms with van der Waals surface area (Å²) in [6, 6.07) is 9.35. The average molecular weight is 233 g/mol. The molecule has 17 heavy (non-hydrogen) atoms. The van der Waals surface area contributed by atoms with Crippen LogP contribution in [-0.4, -0.2) is 23.8 Å². The van der Waals surface area contributed by atoms with Crippen molar-refractivity contribution in [3.63, 3.8) is 0 Å². The molecule has 0 spiro atoms. The maximum Gasteiger partial charge on any atom is 0.407 e. The number of amides is 1. The van der Waals surface area contributed by atoms with Crippen molar-refractivity contribution in [2.45, 2.75) is 19.1 Å². The highest BCUT2D eigenvalue weighted by atomic mass is 16.5. The van der Waals surface area contributed by atoms with Crippen LogP contribution in [0.4, 0.5) is 4.79 Å². The summed E-state index contributed by atoms with van der Waals surface area (Å²) in [6.07, 6.45) is 3.93. The number of hydrogen-bond acceptors (Lipinski definition) is 3. The number of nitrogens with one attached hydrogen (secondary N) is 1. The molecule has 4 nitrogen and oxygen atoms in total. The van der Waals surface area contributed by atoms with Crippen LogP contribution >= 0.6 is 0 Å². The molecule has 0 saturated carbocycles. The Bertz CT molecular complexity index is 383. The van der Waals surface area contributed by atoms with Crippen molar-refractivity contribution in [1.82, 2.24) is 5.32 Å². The van der Waals surface area contributed by atoms with Gasteiger partial charge < -0.3 is 15.2 Å². The van der Waals surface area contributed by atoms with Crippen LogP contribution in [0.15, 0.2) is 30.3 Å². The number of benzene rings is 1. The number of terminal acetylenes is 1. The molecule has 1 aromatic carbocycles. The lowest BCUT2D eigenvalue weighted by Crippen LogP contribution is -2.32. The van der Waals surface area contributed by atoms with Gasteiger partial charge in [-0.3, -0.25) is 0 Å². The SMILES string of the molecule is C#CCC(O)CNC(=O)OCc1ccccc1. The zero-order chi connectivity index (χ0) is 12.5. The van der Waals surface area contributed by atoms with Crippen molar-refractivity contribution in [3.8, 4) is 12.3 Å². The van der Waals surface area contributed by atoms with Crippen molar-refractivity contribution in [2.24, 2.45) is 0 Å². The fourth-order valence-corrected chi connectivity index (χ4v) is 1.18. The minimum atomic E-state index is -0.732. The van der Waals surface area contributed by atoms with Gasteiger partial charge >= 0.3 is 6.09 Å². The zero-order valence-electron chi connectivity index (χ0n) is 9.43. The van der Waals surface area contributed by atoms with Gasteiger partial charge in [-0.05, 0) is 5.56 Å². The zero-order valence-corrected chi connectivity index (χ0v) is 9.43. The molecule has 90 valence electrons. The molecule has 0 aliphatic rings. The van der Waals surface area contributed by atoms with Crippen LogP contribution in [0, 0.1) is 12.3 Å². The predicted octanol–water partition coefficient (Wildman–Crippen LogP) is 1.30. The third-order valence-corrected chi connectivity index (χ3v) is 2.05. The van der Waals surface area contributed by atoms with Crippen LogP contribution in [0.1, 0.15) is 12.0 Å². The summed E-state index contributed by atoms with van der Waals surface area (Å²) in [4.78, 5) is 11.2. The van der Waals surface area contributed by atoms with Crippen LogP contribution in [-0.2, 0) is 11.3 Å². The van der Waals surface area contributed by atoms with Crippen LogP contribution in [0.2, 0.25) is 0 Å². The summed E-state index contributed by atoms with van der Waals surface area (Å²) in [5.41, 5.74) is 0.909. The Labute approximate surface area is 101 Å². The number of aliphatic hydroxyl groups is 1. The van der Waals surface area contributed by atoms with E-state index in [1.165, 1.54) is 0 Å². The summed E-state index contributed by atoms with van der Waals surface area (Å²) < 4.78 is 4.94.